The van der Waals surface area contributed by atoms with E-state index in [1.54, 1.807) is 0 Å². The van der Waals surface area contributed by atoms with Gasteiger partial charge in [0.25, 0.3) is 5.79 Å². The lowest BCUT2D eigenvalue weighted by Gasteiger charge is -2.47. The van der Waals surface area contributed by atoms with Gasteiger partial charge in [-0.05, 0) is 13.8 Å². The van der Waals surface area contributed by atoms with Gasteiger partial charge in [-0.2, -0.15) is 0 Å². The van der Waals surface area contributed by atoms with Gasteiger partial charge >= 0.3 is 11.9 Å². The molecular weight excluding hydrogens is 358 g/mol. The fourth-order valence-electron chi connectivity index (χ4n) is 2.61. The number of Topliss-reactive ketones (excluding diaryl/α,β-unsaturated/α-hetero) is 1. The van der Waals surface area contributed by atoms with Gasteiger partial charge in [-0.1, -0.05) is 0 Å². The van der Waals surface area contributed by atoms with Crippen molar-refractivity contribution < 1.29 is 54.5 Å². The lowest BCUT2D eigenvalue weighted by atomic mass is 9.79. The van der Waals surface area contributed by atoms with E-state index in [4.69, 9.17) is 15.6 Å². The number of ether oxygens (including phenoxy) is 2. The zero-order valence-corrected chi connectivity index (χ0v) is 14.1. The van der Waals surface area contributed by atoms with Gasteiger partial charge in [0.1, 0.15) is 42.7 Å². The van der Waals surface area contributed by atoms with Crippen molar-refractivity contribution in [3.63, 3.8) is 0 Å². The van der Waals surface area contributed by atoms with Gasteiger partial charge in [0.15, 0.2) is 0 Å². The van der Waals surface area contributed by atoms with Crippen LogP contribution in [0, 0.1) is 5.92 Å². The third-order valence-electron chi connectivity index (χ3n) is 4.07. The molecule has 8 atom stereocenters. The second-order valence-electron chi connectivity index (χ2n) is 6.10. The summed E-state index contributed by atoms with van der Waals surface area (Å²) in [6.45, 7) is 1.21. The largest absolute Gasteiger partial charge is 0.477 e. The molecule has 1 fully saturated rings. The van der Waals surface area contributed by atoms with E-state index in [1.807, 2.05) is 0 Å². The molecule has 0 spiro atoms. The number of carboxylic acids is 1. The third-order valence-corrected chi connectivity index (χ3v) is 4.07. The zero-order valence-electron chi connectivity index (χ0n) is 14.1. The Morgan fingerprint density at radius 3 is 2.23 bits per heavy atom. The van der Waals surface area contributed by atoms with Gasteiger partial charge in [-0.3, -0.25) is 4.79 Å². The van der Waals surface area contributed by atoms with Crippen molar-refractivity contribution in [3.05, 3.63) is 0 Å². The fraction of sp³-hybridized carbons (Fsp3) is 0.786. The van der Waals surface area contributed by atoms with Gasteiger partial charge in [0.05, 0.1) is 12.1 Å². The van der Waals surface area contributed by atoms with Gasteiger partial charge < -0.3 is 45.8 Å². The molecular formula is C14H23NO11. The van der Waals surface area contributed by atoms with Crippen LogP contribution in [0.25, 0.3) is 0 Å². The lowest BCUT2D eigenvalue weighted by Crippen LogP contribution is -2.71. The Balaban J connectivity index is 2.99. The summed E-state index contributed by atoms with van der Waals surface area (Å²) in [6.07, 6.45) is -9.06. The number of esters is 1. The van der Waals surface area contributed by atoms with Crippen LogP contribution in [-0.2, 0) is 23.9 Å². The highest BCUT2D eigenvalue weighted by Gasteiger charge is 2.61. The molecule has 0 bridgehead atoms. The molecule has 8 N–H and O–H groups in total. The van der Waals surface area contributed by atoms with Crippen LogP contribution in [-0.4, -0.2) is 97.3 Å². The molecule has 26 heavy (non-hydrogen) atoms. The van der Waals surface area contributed by atoms with Crippen molar-refractivity contribution >= 4 is 17.7 Å². The normalized spacial score (nSPS) is 35.2. The molecule has 12 nitrogen and oxygen atoms in total. The van der Waals surface area contributed by atoms with E-state index in [2.05, 4.69) is 4.74 Å². The number of rotatable bonds is 7. The molecule has 0 aliphatic carbocycles. The third kappa shape index (κ3) is 4.35. The first-order valence-corrected chi connectivity index (χ1v) is 7.63. The first-order chi connectivity index (χ1) is 11.8. The van der Waals surface area contributed by atoms with Crippen molar-refractivity contribution in [3.8, 4) is 0 Å². The fourth-order valence-corrected chi connectivity index (χ4v) is 2.61. The molecule has 0 radical (unpaired) electrons. The van der Waals surface area contributed by atoms with Crippen LogP contribution < -0.4 is 5.73 Å². The molecule has 1 heterocycles. The molecule has 1 aliphatic rings. The quantitative estimate of drug-likeness (QED) is 0.208. The van der Waals surface area contributed by atoms with Gasteiger partial charge in [0, 0.05) is 0 Å². The van der Waals surface area contributed by atoms with Crippen LogP contribution in [0.1, 0.15) is 13.8 Å². The van der Waals surface area contributed by atoms with E-state index < -0.39 is 72.6 Å². The van der Waals surface area contributed by atoms with Crippen molar-refractivity contribution in [1.29, 1.82) is 0 Å². The molecule has 1 saturated heterocycles. The Morgan fingerprint density at radius 2 is 1.81 bits per heavy atom. The minimum Gasteiger partial charge on any atom is -0.477 e. The molecule has 0 amide bonds. The SMILES string of the molecule is CC(=O)C1[C@H](O)[C@@H](N)[C@H]([C@H](O)[C@H](O)COC(=O)[C@H](C)O)OC1(O)C(=O)O. The molecule has 1 rings (SSSR count). The summed E-state index contributed by atoms with van der Waals surface area (Å²) in [7, 11) is 0. The molecule has 0 saturated carbocycles. The van der Waals surface area contributed by atoms with E-state index in [1.165, 1.54) is 0 Å². The maximum absolute atomic E-state index is 11.6. The molecule has 2 unspecified atom stereocenters. The summed E-state index contributed by atoms with van der Waals surface area (Å²) in [5, 5.41) is 58.5. The molecule has 0 aromatic carbocycles. The molecule has 0 aromatic rings. The Morgan fingerprint density at radius 1 is 1.27 bits per heavy atom. The number of carboxylic acid groups (broad SMARTS) is 1. The Kier molecular flexibility index (Phi) is 7.18. The average molecular weight is 381 g/mol. The minimum atomic E-state index is -3.19. The first-order valence-electron chi connectivity index (χ1n) is 7.63. The summed E-state index contributed by atoms with van der Waals surface area (Å²) >= 11 is 0. The number of aliphatic carboxylic acids is 1. The summed E-state index contributed by atoms with van der Waals surface area (Å²) in [5.41, 5.74) is 5.66. The Labute approximate surface area is 147 Å². The van der Waals surface area contributed by atoms with Crippen molar-refractivity contribution in [2.45, 2.75) is 56.2 Å². The number of aliphatic hydroxyl groups is 5. The molecule has 150 valence electrons. The van der Waals surface area contributed by atoms with E-state index in [0.29, 0.717) is 0 Å². The van der Waals surface area contributed by atoms with Crippen LogP contribution >= 0.6 is 0 Å². The highest BCUT2D eigenvalue weighted by Crippen LogP contribution is 2.35. The van der Waals surface area contributed by atoms with Crippen LogP contribution in [0.15, 0.2) is 0 Å². The smallest absolute Gasteiger partial charge is 0.365 e. The van der Waals surface area contributed by atoms with E-state index >= 15 is 0 Å². The number of nitrogens with two attached hydrogens (primary N) is 1. The van der Waals surface area contributed by atoms with Gasteiger partial charge in [0.2, 0.25) is 0 Å². The molecule has 0 aromatic heterocycles. The molecule has 12 heteroatoms. The summed E-state index contributed by atoms with van der Waals surface area (Å²) in [4.78, 5) is 34.1. The number of ketones is 1. The highest BCUT2D eigenvalue weighted by atomic mass is 16.7. The average Bonchev–Trinajstić information content (AvgIpc) is 2.54. The van der Waals surface area contributed by atoms with Crippen molar-refractivity contribution in [2.24, 2.45) is 11.7 Å². The summed E-state index contributed by atoms with van der Waals surface area (Å²) in [5.74, 6) is -9.14. The summed E-state index contributed by atoms with van der Waals surface area (Å²) < 4.78 is 9.39. The zero-order chi connectivity index (χ0) is 20.4. The second-order valence-corrected chi connectivity index (χ2v) is 6.10. The van der Waals surface area contributed by atoms with Crippen LogP contribution in [0.2, 0.25) is 0 Å². The number of hydrogen-bond acceptors (Lipinski definition) is 11. The first kappa shape index (κ1) is 22.4. The number of hydrogen-bond donors (Lipinski definition) is 7. The van der Waals surface area contributed by atoms with Crippen LogP contribution in [0.4, 0.5) is 0 Å². The summed E-state index contributed by atoms with van der Waals surface area (Å²) in [6, 6.07) is -1.55. The monoisotopic (exact) mass is 381 g/mol. The molecule has 1 aliphatic heterocycles. The predicted octanol–water partition coefficient (Wildman–Crippen LogP) is -4.30. The Bertz CT molecular complexity index is 553. The predicted molar refractivity (Wildman–Crippen MR) is 80.3 cm³/mol. The number of aliphatic hydroxyl groups excluding tert-OH is 4. The highest BCUT2D eigenvalue weighted by molar-refractivity contribution is 5.88. The standard InChI is InChI=1S/C14H23NO11/c1-4(16)7-10(20)8(15)11(26-14(7,24)13(22)23)9(19)6(18)3-25-12(21)5(2)17/h5-11,17-20,24H,3,15H2,1-2H3,(H,22,23)/t5-,6+,7?,8+,9+,10-,11+,14?/m0/s1. The van der Waals surface area contributed by atoms with E-state index in [-0.39, 0.29) is 0 Å². The van der Waals surface area contributed by atoms with Crippen molar-refractivity contribution in [2.75, 3.05) is 6.61 Å². The number of carbonyl (C=O) groups is 3. The topological polar surface area (TPSA) is 217 Å². The maximum atomic E-state index is 11.6. The van der Waals surface area contributed by atoms with E-state index in [0.717, 1.165) is 13.8 Å². The second kappa shape index (κ2) is 8.35. The van der Waals surface area contributed by atoms with Crippen molar-refractivity contribution in [1.82, 2.24) is 0 Å². The Hall–Kier alpha value is -1.67. The number of carbonyl (C=O) groups excluding carboxylic acids is 2. The lowest BCUT2D eigenvalue weighted by molar-refractivity contribution is -0.311. The minimum absolute atomic E-state index is 0.810. The maximum Gasteiger partial charge on any atom is 0.365 e. The van der Waals surface area contributed by atoms with Crippen LogP contribution in [0.5, 0.6) is 0 Å². The van der Waals surface area contributed by atoms with E-state index in [9.17, 15) is 39.9 Å². The van der Waals surface area contributed by atoms with Gasteiger partial charge in [-0.25, -0.2) is 9.59 Å². The van der Waals surface area contributed by atoms with Gasteiger partial charge in [-0.15, -0.1) is 0 Å². The van der Waals surface area contributed by atoms with Crippen LogP contribution in [0.3, 0.4) is 0 Å².